The molecule has 2 rings (SSSR count). The number of hydrogen-bond donors (Lipinski definition) is 1. The molecule has 31 heavy (non-hydrogen) atoms. The van der Waals surface area contributed by atoms with Crippen molar-refractivity contribution in [2.24, 2.45) is 34.5 Å². The average molecular weight is 470 g/mol. The molecule has 9 heteroatoms. The van der Waals surface area contributed by atoms with Crippen LogP contribution in [0.5, 0.6) is 0 Å². The van der Waals surface area contributed by atoms with E-state index in [1.54, 1.807) is 0 Å². The molecule has 0 aromatic rings. The van der Waals surface area contributed by atoms with Gasteiger partial charge < -0.3 is 23.4 Å². The molecular weight excluding hydrogens is 429 g/mol. The van der Waals surface area contributed by atoms with Crippen LogP contribution in [0.25, 0.3) is 0 Å². The topological polar surface area (TPSA) is 57.2 Å². The van der Waals surface area contributed by atoms with Crippen molar-refractivity contribution in [1.82, 2.24) is 0 Å². The van der Waals surface area contributed by atoms with Gasteiger partial charge in [0.05, 0.1) is 25.4 Å². The summed E-state index contributed by atoms with van der Waals surface area (Å²) in [5.74, 6) is 0.634. The molecule has 0 aliphatic carbocycles. The van der Waals surface area contributed by atoms with E-state index in [-0.39, 0.29) is 71.9 Å². The minimum Gasteiger partial charge on any atom is -0.384 e. The van der Waals surface area contributed by atoms with E-state index in [9.17, 15) is 4.89 Å². The maximum absolute atomic E-state index is 10.7. The maximum Gasteiger partial charge on any atom is 0.324 e. The predicted octanol–water partition coefficient (Wildman–Crippen LogP) is 4.40. The lowest BCUT2D eigenvalue weighted by molar-refractivity contribution is -0.0163. The van der Waals surface area contributed by atoms with Crippen molar-refractivity contribution < 1.29 is 23.4 Å². The van der Waals surface area contributed by atoms with Gasteiger partial charge in [0.1, 0.15) is 15.7 Å². The van der Waals surface area contributed by atoms with Crippen LogP contribution in [0.3, 0.4) is 0 Å². The minimum absolute atomic E-state index is 0.00269. The molecule has 2 aliphatic rings. The standard InChI is InChI=1S/C22H41B2O5PS/c1-9-13-14(10-2)19(23)28-16(13)12-27-30(25,31)26-11-15-17(21(3,4)5)20(24)29-18(15)22(6,7)8/h13-20H,9-12H2,1-8H3,(H,25,31)/t13?,14-,15?,16+,17-,18-,19+,20+,30?/m0/s1. The second kappa shape index (κ2) is 10.5. The first-order valence-corrected chi connectivity index (χ1v) is 14.1. The molecule has 0 amide bonds. The van der Waals surface area contributed by atoms with Crippen LogP contribution >= 0.6 is 6.72 Å². The van der Waals surface area contributed by atoms with Crippen molar-refractivity contribution in [3.63, 3.8) is 0 Å². The molecule has 2 aliphatic heterocycles. The quantitative estimate of drug-likeness (QED) is 0.420. The molecule has 4 radical (unpaired) electrons. The molecule has 0 bridgehead atoms. The monoisotopic (exact) mass is 470 g/mol. The van der Waals surface area contributed by atoms with Crippen LogP contribution in [0.4, 0.5) is 0 Å². The normalized spacial score (nSPS) is 39.0. The van der Waals surface area contributed by atoms with E-state index in [1.807, 2.05) is 0 Å². The first kappa shape index (κ1) is 27.8. The maximum atomic E-state index is 10.7. The van der Waals surface area contributed by atoms with E-state index in [4.69, 9.17) is 46.0 Å². The van der Waals surface area contributed by atoms with Crippen molar-refractivity contribution in [2.75, 3.05) is 13.2 Å². The van der Waals surface area contributed by atoms with E-state index < -0.39 is 6.72 Å². The van der Waals surface area contributed by atoms with Gasteiger partial charge in [-0.15, -0.1) is 0 Å². The lowest BCUT2D eigenvalue weighted by Gasteiger charge is -2.37. The highest BCUT2D eigenvalue weighted by atomic mass is 32.5. The van der Waals surface area contributed by atoms with E-state index in [0.29, 0.717) is 0 Å². The third-order valence-corrected chi connectivity index (χ3v) is 8.50. The van der Waals surface area contributed by atoms with Crippen molar-refractivity contribution in [1.29, 1.82) is 0 Å². The largest absolute Gasteiger partial charge is 0.384 e. The zero-order valence-corrected chi connectivity index (χ0v) is 22.2. The lowest BCUT2D eigenvalue weighted by Crippen LogP contribution is -2.39. The van der Waals surface area contributed by atoms with Crippen molar-refractivity contribution >= 4 is 34.2 Å². The summed E-state index contributed by atoms with van der Waals surface area (Å²) in [6.45, 7) is 14.1. The predicted molar refractivity (Wildman–Crippen MR) is 131 cm³/mol. The Kier molecular flexibility index (Phi) is 9.39. The molecular formula is C22H41B2O5PS. The smallest absolute Gasteiger partial charge is 0.324 e. The molecule has 0 aromatic carbocycles. The summed E-state index contributed by atoms with van der Waals surface area (Å²) < 4.78 is 23.6. The number of rotatable bonds is 8. The minimum atomic E-state index is -3.44. The van der Waals surface area contributed by atoms with Crippen LogP contribution < -0.4 is 0 Å². The van der Waals surface area contributed by atoms with Crippen LogP contribution in [0.2, 0.25) is 0 Å². The molecule has 2 saturated heterocycles. The van der Waals surface area contributed by atoms with Crippen LogP contribution in [-0.4, -0.2) is 58.0 Å². The number of ether oxygens (including phenoxy) is 2. The van der Waals surface area contributed by atoms with Gasteiger partial charge in [0.15, 0.2) is 0 Å². The molecule has 0 spiro atoms. The van der Waals surface area contributed by atoms with Crippen LogP contribution in [-0.2, 0) is 30.3 Å². The van der Waals surface area contributed by atoms with Gasteiger partial charge >= 0.3 is 6.72 Å². The Morgan fingerprint density at radius 1 is 0.839 bits per heavy atom. The summed E-state index contributed by atoms with van der Waals surface area (Å²) in [6, 6.07) is -0.696. The van der Waals surface area contributed by atoms with Gasteiger partial charge in [0, 0.05) is 17.9 Å². The molecule has 3 unspecified atom stereocenters. The lowest BCUT2D eigenvalue weighted by atomic mass is 9.64. The molecule has 0 aromatic heterocycles. The summed E-state index contributed by atoms with van der Waals surface area (Å²) in [6.07, 6.45) is 1.60. The highest BCUT2D eigenvalue weighted by Gasteiger charge is 2.51. The van der Waals surface area contributed by atoms with Gasteiger partial charge in [0.25, 0.3) is 0 Å². The Morgan fingerprint density at radius 3 is 1.87 bits per heavy atom. The molecule has 9 atom stereocenters. The van der Waals surface area contributed by atoms with Crippen LogP contribution in [0, 0.1) is 34.5 Å². The SMILES string of the molecule is [B][C@@H]1O[C@H](COP(O)(=S)OCC2[C@@H](C(C)(C)C)O[C@@H]([B])[C@H]2C(C)(C)C)C(CC)[C@@H]1CC. The van der Waals surface area contributed by atoms with Gasteiger partial charge in [-0.1, -0.05) is 68.2 Å². The highest BCUT2D eigenvalue weighted by Crippen LogP contribution is 2.51. The van der Waals surface area contributed by atoms with Crippen molar-refractivity contribution in [3.8, 4) is 0 Å². The Labute approximate surface area is 197 Å². The summed E-state index contributed by atoms with van der Waals surface area (Å²) in [4.78, 5) is 10.7. The first-order chi connectivity index (χ1) is 14.1. The van der Waals surface area contributed by atoms with Crippen LogP contribution in [0.1, 0.15) is 68.2 Å². The third kappa shape index (κ3) is 6.81. The van der Waals surface area contributed by atoms with E-state index in [2.05, 4.69) is 55.4 Å². The fraction of sp³-hybridized carbons (Fsp3) is 1.00. The molecule has 0 saturated carbocycles. The molecule has 176 valence electrons. The van der Waals surface area contributed by atoms with E-state index in [1.165, 1.54) is 0 Å². The van der Waals surface area contributed by atoms with Gasteiger partial charge in [-0.05, 0) is 40.4 Å². The second-order valence-electron chi connectivity index (χ2n) is 11.3. The molecule has 1 N–H and O–H groups in total. The fourth-order valence-corrected chi connectivity index (χ4v) is 6.67. The third-order valence-electron chi connectivity index (χ3n) is 6.92. The zero-order valence-electron chi connectivity index (χ0n) is 20.5. The number of hydrogen-bond acceptors (Lipinski definition) is 5. The summed E-state index contributed by atoms with van der Waals surface area (Å²) in [5.41, 5.74) is -0.203. The van der Waals surface area contributed by atoms with Gasteiger partial charge in [0.2, 0.25) is 0 Å². The van der Waals surface area contributed by atoms with E-state index >= 15 is 0 Å². The fourth-order valence-electron chi connectivity index (χ4n) is 5.53. The zero-order chi connectivity index (χ0) is 23.8. The second-order valence-corrected chi connectivity index (χ2v) is 14.1. The summed E-state index contributed by atoms with van der Waals surface area (Å²) in [5, 5.41) is 0. The molecule has 2 heterocycles. The Bertz CT molecular complexity index is 638. The Balaban J connectivity index is 2.04. The average Bonchev–Trinajstić information content (AvgIpc) is 3.13. The van der Waals surface area contributed by atoms with Crippen molar-refractivity contribution in [3.05, 3.63) is 0 Å². The summed E-state index contributed by atoms with van der Waals surface area (Å²) >= 11 is 5.33. The van der Waals surface area contributed by atoms with Gasteiger partial charge in [-0.2, -0.15) is 0 Å². The van der Waals surface area contributed by atoms with Crippen molar-refractivity contribution in [2.45, 2.75) is 92.4 Å². The Morgan fingerprint density at radius 2 is 1.39 bits per heavy atom. The van der Waals surface area contributed by atoms with Gasteiger partial charge in [-0.3, -0.25) is 0 Å². The molecule has 2 fully saturated rings. The van der Waals surface area contributed by atoms with Gasteiger partial charge in [-0.25, -0.2) is 0 Å². The first-order valence-electron chi connectivity index (χ1n) is 11.6. The van der Waals surface area contributed by atoms with Crippen LogP contribution in [0.15, 0.2) is 0 Å². The van der Waals surface area contributed by atoms with E-state index in [0.717, 1.165) is 12.8 Å². The Hall–Kier alpha value is 0.580. The highest BCUT2D eigenvalue weighted by molar-refractivity contribution is 8.07. The molecule has 5 nitrogen and oxygen atoms in total. The summed E-state index contributed by atoms with van der Waals surface area (Å²) in [7, 11) is 12.5.